The minimum absolute atomic E-state index is 0.434. The maximum Gasteiger partial charge on any atom is 0.422 e. The maximum atomic E-state index is 11.2. The minimum atomic E-state index is -1.32. The molecule has 0 aromatic rings. The van der Waals surface area contributed by atoms with Gasteiger partial charge in [-0.1, -0.05) is 25.6 Å². The van der Waals surface area contributed by atoms with E-state index in [0.717, 1.165) is 0 Å². The van der Waals surface area contributed by atoms with Gasteiger partial charge in [-0.2, -0.15) is 0 Å². The molecule has 0 aliphatic carbocycles. The molecule has 5 heteroatoms. The Hall–Kier alpha value is -0.993. The summed E-state index contributed by atoms with van der Waals surface area (Å²) in [4.78, 5) is 11.2. The first-order valence-electron chi connectivity index (χ1n) is 5.32. The van der Waals surface area contributed by atoms with E-state index in [0.29, 0.717) is 6.54 Å². The monoisotopic (exact) mass is 242 g/mol. The first-order valence-corrected chi connectivity index (χ1v) is 8.82. The van der Waals surface area contributed by atoms with Crippen LogP contribution in [0.3, 0.4) is 0 Å². The Morgan fingerprint density at radius 1 is 1.31 bits per heavy atom. The summed E-state index contributed by atoms with van der Waals surface area (Å²) in [6.45, 7) is 12.4. The van der Waals surface area contributed by atoms with Gasteiger partial charge in [0.1, 0.15) is 13.7 Å². The van der Waals surface area contributed by atoms with Gasteiger partial charge in [0.05, 0.1) is 6.54 Å². The van der Waals surface area contributed by atoms with Gasteiger partial charge in [-0.15, -0.1) is 5.54 Å². The van der Waals surface area contributed by atoms with Gasteiger partial charge in [0.15, 0.2) is 0 Å². The second kappa shape index (κ2) is 5.92. The molecule has 2 N–H and O–H groups in total. The van der Waals surface area contributed by atoms with Crippen LogP contribution in [0.4, 0.5) is 4.79 Å². The number of nitrogens with one attached hydrogen (secondary N) is 2. The highest BCUT2D eigenvalue weighted by atomic mass is 28.3. The Labute approximate surface area is 99.1 Å². The molecular formula is C11H22N2O2Si. The Bertz CT molecular complexity index is 292. The highest BCUT2D eigenvalue weighted by molar-refractivity contribution is 6.83. The van der Waals surface area contributed by atoms with Gasteiger partial charge in [-0.05, 0) is 20.8 Å². The number of carbonyl (C=O) groups excluding carboxylic acids is 1. The summed E-state index contributed by atoms with van der Waals surface area (Å²) in [5.74, 6) is 2.97. The van der Waals surface area contributed by atoms with Crippen LogP contribution in [0.2, 0.25) is 19.6 Å². The molecular weight excluding hydrogens is 220 g/mol. The number of amides is 1. The molecule has 0 heterocycles. The third-order valence-electron chi connectivity index (χ3n) is 1.23. The van der Waals surface area contributed by atoms with E-state index < -0.39 is 19.8 Å². The van der Waals surface area contributed by atoms with Crippen LogP contribution in [0.1, 0.15) is 20.8 Å². The van der Waals surface area contributed by atoms with Crippen LogP contribution < -0.4 is 10.9 Å². The van der Waals surface area contributed by atoms with Crippen LogP contribution in [0.15, 0.2) is 0 Å². The Balaban J connectivity index is 3.75. The Morgan fingerprint density at radius 3 is 2.31 bits per heavy atom. The molecule has 0 unspecified atom stereocenters. The lowest BCUT2D eigenvalue weighted by molar-refractivity contribution is 0.0502. The number of rotatable bonds is 2. The van der Waals surface area contributed by atoms with Gasteiger partial charge in [0.2, 0.25) is 0 Å². The van der Waals surface area contributed by atoms with Gasteiger partial charge in [0, 0.05) is 0 Å². The van der Waals surface area contributed by atoms with E-state index in [4.69, 9.17) is 4.74 Å². The van der Waals surface area contributed by atoms with Crippen molar-refractivity contribution in [3.05, 3.63) is 0 Å². The fourth-order valence-corrected chi connectivity index (χ4v) is 1.39. The van der Waals surface area contributed by atoms with Crippen molar-refractivity contribution >= 4 is 14.2 Å². The van der Waals surface area contributed by atoms with Gasteiger partial charge in [-0.3, -0.25) is 5.43 Å². The van der Waals surface area contributed by atoms with Crippen molar-refractivity contribution in [1.82, 2.24) is 10.9 Å². The molecule has 16 heavy (non-hydrogen) atoms. The van der Waals surface area contributed by atoms with Gasteiger partial charge >= 0.3 is 6.09 Å². The maximum absolute atomic E-state index is 11.2. The quantitative estimate of drug-likeness (QED) is 0.336. The van der Waals surface area contributed by atoms with E-state index in [2.05, 4.69) is 42.0 Å². The summed E-state index contributed by atoms with van der Waals surface area (Å²) in [5.41, 5.74) is 7.83. The van der Waals surface area contributed by atoms with Crippen LogP contribution >= 0.6 is 0 Å². The number of hydrogen-bond donors (Lipinski definition) is 2. The highest BCUT2D eigenvalue weighted by Gasteiger charge is 2.15. The smallest absolute Gasteiger partial charge is 0.422 e. The van der Waals surface area contributed by atoms with E-state index in [9.17, 15) is 4.79 Å². The fourth-order valence-electron chi connectivity index (χ4n) is 0.774. The third kappa shape index (κ3) is 11.1. The lowest BCUT2D eigenvalue weighted by Crippen LogP contribution is -2.41. The normalized spacial score (nSPS) is 11.4. The average molecular weight is 242 g/mol. The molecule has 92 valence electrons. The number of ether oxygens (including phenoxy) is 1. The second-order valence-electron chi connectivity index (χ2n) is 5.53. The van der Waals surface area contributed by atoms with Crippen LogP contribution in [-0.2, 0) is 4.74 Å². The summed E-state index contributed by atoms with van der Waals surface area (Å²) >= 11 is 0. The summed E-state index contributed by atoms with van der Waals surface area (Å²) in [5, 5.41) is 0. The molecule has 0 atom stereocenters. The second-order valence-corrected chi connectivity index (χ2v) is 10.3. The summed E-state index contributed by atoms with van der Waals surface area (Å²) < 4.78 is 5.03. The van der Waals surface area contributed by atoms with E-state index in [-0.39, 0.29) is 0 Å². The van der Waals surface area contributed by atoms with Crippen LogP contribution in [0.5, 0.6) is 0 Å². The van der Waals surface area contributed by atoms with E-state index in [1.54, 1.807) is 0 Å². The van der Waals surface area contributed by atoms with Crippen LogP contribution in [0.25, 0.3) is 0 Å². The molecule has 0 aromatic heterocycles. The molecule has 0 spiro atoms. The predicted molar refractivity (Wildman–Crippen MR) is 68.5 cm³/mol. The number of hydrogen-bond acceptors (Lipinski definition) is 3. The van der Waals surface area contributed by atoms with Crippen molar-refractivity contribution in [3.8, 4) is 11.5 Å². The van der Waals surface area contributed by atoms with Crippen LogP contribution in [0, 0.1) is 11.5 Å². The van der Waals surface area contributed by atoms with Crippen molar-refractivity contribution in [1.29, 1.82) is 0 Å². The zero-order valence-corrected chi connectivity index (χ0v) is 12.0. The first-order chi connectivity index (χ1) is 7.10. The SMILES string of the molecule is CC(C)(C)OC(=O)NNCC#C[Si](C)(C)C. The molecule has 0 saturated carbocycles. The summed E-state index contributed by atoms with van der Waals surface area (Å²) in [7, 11) is -1.32. The zero-order chi connectivity index (χ0) is 12.8. The van der Waals surface area contributed by atoms with E-state index >= 15 is 0 Å². The van der Waals surface area contributed by atoms with Crippen molar-refractivity contribution < 1.29 is 9.53 Å². The van der Waals surface area contributed by atoms with Crippen molar-refractivity contribution in [2.75, 3.05) is 6.54 Å². The van der Waals surface area contributed by atoms with E-state index in [1.807, 2.05) is 20.8 Å². The van der Waals surface area contributed by atoms with Crippen molar-refractivity contribution in [2.45, 2.75) is 46.0 Å². The standard InChI is InChI=1S/C11H22N2O2Si/c1-11(2,3)15-10(14)13-12-8-7-9-16(4,5)6/h12H,8H2,1-6H3,(H,13,14). The van der Waals surface area contributed by atoms with Crippen molar-refractivity contribution in [3.63, 3.8) is 0 Å². The predicted octanol–water partition coefficient (Wildman–Crippen LogP) is 1.90. The third-order valence-corrected chi connectivity index (χ3v) is 2.16. The van der Waals surface area contributed by atoms with E-state index in [1.165, 1.54) is 0 Å². The lowest BCUT2D eigenvalue weighted by atomic mass is 10.2. The van der Waals surface area contributed by atoms with Crippen molar-refractivity contribution in [2.24, 2.45) is 0 Å². The van der Waals surface area contributed by atoms with Gasteiger partial charge < -0.3 is 4.74 Å². The largest absolute Gasteiger partial charge is 0.443 e. The Morgan fingerprint density at radius 2 is 1.88 bits per heavy atom. The molecule has 4 nitrogen and oxygen atoms in total. The summed E-state index contributed by atoms with van der Waals surface area (Å²) in [6, 6.07) is 0. The molecule has 0 rings (SSSR count). The van der Waals surface area contributed by atoms with Crippen LogP contribution in [-0.4, -0.2) is 26.3 Å². The van der Waals surface area contributed by atoms with Gasteiger partial charge in [-0.25, -0.2) is 10.2 Å². The molecule has 0 saturated heterocycles. The number of hydrazine groups is 1. The molecule has 0 radical (unpaired) electrons. The molecule has 0 bridgehead atoms. The molecule has 0 aliphatic rings. The summed E-state index contributed by atoms with van der Waals surface area (Å²) in [6.07, 6.45) is -0.484. The zero-order valence-electron chi connectivity index (χ0n) is 11.0. The first kappa shape index (κ1) is 15.0. The topological polar surface area (TPSA) is 50.4 Å². The number of carbonyl (C=O) groups is 1. The Kier molecular flexibility index (Phi) is 5.55. The average Bonchev–Trinajstić information content (AvgIpc) is 1.97. The fraction of sp³-hybridized carbons (Fsp3) is 0.727. The molecule has 0 aromatic carbocycles. The molecule has 0 fully saturated rings. The molecule has 0 aliphatic heterocycles. The van der Waals surface area contributed by atoms with Gasteiger partial charge in [0.25, 0.3) is 0 Å². The highest BCUT2D eigenvalue weighted by Crippen LogP contribution is 2.05. The lowest BCUT2D eigenvalue weighted by Gasteiger charge is -2.19. The molecule has 1 amide bonds. The minimum Gasteiger partial charge on any atom is -0.443 e.